The van der Waals surface area contributed by atoms with Crippen LogP contribution < -0.4 is 0 Å². The maximum absolute atomic E-state index is 2.32. The Kier molecular flexibility index (Phi) is 2.68. The Balaban J connectivity index is 2.21. The first-order valence-corrected chi connectivity index (χ1v) is 7.97. The van der Waals surface area contributed by atoms with Gasteiger partial charge in [0, 0.05) is 4.90 Å². The number of hydrogen-bond donors (Lipinski definition) is 0. The van der Waals surface area contributed by atoms with Crippen LogP contribution in [-0.4, -0.2) is 6.26 Å². The molecular formula is C19H14S. The Morgan fingerprint density at radius 1 is 0.600 bits per heavy atom. The van der Waals surface area contributed by atoms with Crippen molar-refractivity contribution in [2.45, 2.75) is 4.90 Å². The first-order chi connectivity index (χ1) is 9.86. The Hall–Kier alpha value is -1.99. The van der Waals surface area contributed by atoms with Gasteiger partial charge in [0.05, 0.1) is 0 Å². The summed E-state index contributed by atoms with van der Waals surface area (Å²) in [6.45, 7) is 0. The normalized spacial score (nSPS) is 11.4. The van der Waals surface area contributed by atoms with Crippen molar-refractivity contribution in [3.05, 3.63) is 66.7 Å². The number of benzene rings is 4. The molecule has 0 saturated heterocycles. The zero-order valence-electron chi connectivity index (χ0n) is 11.3. The van der Waals surface area contributed by atoms with Gasteiger partial charge >= 0.3 is 0 Å². The molecule has 0 heterocycles. The van der Waals surface area contributed by atoms with Crippen LogP contribution in [0, 0.1) is 0 Å². The zero-order valence-corrected chi connectivity index (χ0v) is 12.1. The van der Waals surface area contributed by atoms with Gasteiger partial charge in [0.25, 0.3) is 0 Å². The number of rotatable bonds is 1. The van der Waals surface area contributed by atoms with Crippen molar-refractivity contribution < 1.29 is 0 Å². The number of hydrogen-bond acceptors (Lipinski definition) is 1. The summed E-state index contributed by atoms with van der Waals surface area (Å²) >= 11 is 1.81. The van der Waals surface area contributed by atoms with Gasteiger partial charge in [-0.3, -0.25) is 0 Å². The van der Waals surface area contributed by atoms with E-state index in [2.05, 4.69) is 73.0 Å². The van der Waals surface area contributed by atoms with Crippen LogP contribution >= 0.6 is 11.8 Å². The molecule has 0 atom stereocenters. The highest BCUT2D eigenvalue weighted by Crippen LogP contribution is 2.33. The third-order valence-corrected chi connectivity index (χ3v) is 4.72. The molecule has 4 aromatic rings. The summed E-state index contributed by atoms with van der Waals surface area (Å²) in [6, 6.07) is 24.2. The molecule has 0 bridgehead atoms. The first kappa shape index (κ1) is 11.8. The van der Waals surface area contributed by atoms with E-state index in [0.29, 0.717) is 0 Å². The highest BCUT2D eigenvalue weighted by atomic mass is 32.2. The van der Waals surface area contributed by atoms with Gasteiger partial charge in [0.2, 0.25) is 0 Å². The molecule has 0 amide bonds. The predicted octanol–water partition coefficient (Wildman–Crippen LogP) is 5.87. The lowest BCUT2D eigenvalue weighted by atomic mass is 9.98. The molecule has 96 valence electrons. The standard InChI is InChI=1S/C19H14S/c1-20-19-8-4-7-16-17(19)10-9-15-11-13-5-2-3-6-14(13)12-18(15)16/h2-12H,1H3. The molecular weight excluding hydrogens is 260 g/mol. The topological polar surface area (TPSA) is 0 Å². The van der Waals surface area contributed by atoms with Crippen molar-refractivity contribution in [1.82, 2.24) is 0 Å². The SMILES string of the molecule is CSc1cccc2c1ccc1cc3ccccc3cc12. The van der Waals surface area contributed by atoms with E-state index in [1.54, 1.807) is 0 Å². The second-order valence-corrected chi connectivity index (χ2v) is 5.89. The molecule has 1 heteroatoms. The molecule has 0 unspecified atom stereocenters. The van der Waals surface area contributed by atoms with E-state index in [0.717, 1.165) is 0 Å². The van der Waals surface area contributed by atoms with Gasteiger partial charge in [-0.25, -0.2) is 0 Å². The minimum absolute atomic E-state index is 1.31. The van der Waals surface area contributed by atoms with Gasteiger partial charge in [0.1, 0.15) is 0 Å². The van der Waals surface area contributed by atoms with Crippen molar-refractivity contribution >= 4 is 44.1 Å². The fourth-order valence-electron chi connectivity index (χ4n) is 2.93. The fraction of sp³-hybridized carbons (Fsp3) is 0.0526. The Morgan fingerprint density at radius 2 is 1.40 bits per heavy atom. The van der Waals surface area contributed by atoms with Gasteiger partial charge in [-0.2, -0.15) is 0 Å². The Morgan fingerprint density at radius 3 is 2.20 bits per heavy atom. The van der Waals surface area contributed by atoms with Crippen LogP contribution in [0.15, 0.2) is 71.6 Å². The van der Waals surface area contributed by atoms with E-state index in [-0.39, 0.29) is 0 Å². The van der Waals surface area contributed by atoms with Crippen LogP contribution in [0.25, 0.3) is 32.3 Å². The van der Waals surface area contributed by atoms with E-state index in [1.165, 1.54) is 37.2 Å². The Labute approximate surface area is 122 Å². The molecule has 0 aromatic heterocycles. The lowest BCUT2D eigenvalue weighted by Gasteiger charge is -2.09. The molecule has 0 saturated carbocycles. The summed E-state index contributed by atoms with van der Waals surface area (Å²) < 4.78 is 0. The quantitative estimate of drug-likeness (QED) is 0.238. The summed E-state index contributed by atoms with van der Waals surface area (Å²) in [7, 11) is 0. The highest BCUT2D eigenvalue weighted by molar-refractivity contribution is 7.98. The molecule has 0 N–H and O–H groups in total. The second-order valence-electron chi connectivity index (χ2n) is 5.04. The molecule has 0 spiro atoms. The largest absolute Gasteiger partial charge is 0.129 e. The molecule has 4 rings (SSSR count). The van der Waals surface area contributed by atoms with Crippen LogP contribution in [0.4, 0.5) is 0 Å². The third kappa shape index (κ3) is 1.70. The Bertz CT molecular complexity index is 938. The zero-order chi connectivity index (χ0) is 13.5. The molecule has 0 nitrogen and oxygen atoms in total. The minimum Gasteiger partial charge on any atom is -0.129 e. The summed E-state index contributed by atoms with van der Waals surface area (Å²) in [4.78, 5) is 1.34. The van der Waals surface area contributed by atoms with E-state index in [1.807, 2.05) is 11.8 Å². The van der Waals surface area contributed by atoms with Crippen molar-refractivity contribution in [2.24, 2.45) is 0 Å². The fourth-order valence-corrected chi connectivity index (χ4v) is 3.54. The van der Waals surface area contributed by atoms with Gasteiger partial charge in [-0.1, -0.05) is 48.5 Å². The maximum atomic E-state index is 2.32. The van der Waals surface area contributed by atoms with Gasteiger partial charge in [-0.15, -0.1) is 11.8 Å². The van der Waals surface area contributed by atoms with Crippen LogP contribution in [0.1, 0.15) is 0 Å². The average Bonchev–Trinajstić information content (AvgIpc) is 2.52. The molecule has 4 aromatic carbocycles. The van der Waals surface area contributed by atoms with Crippen LogP contribution in [0.5, 0.6) is 0 Å². The van der Waals surface area contributed by atoms with Crippen molar-refractivity contribution in [3.63, 3.8) is 0 Å². The van der Waals surface area contributed by atoms with Gasteiger partial charge in [0.15, 0.2) is 0 Å². The summed E-state index contributed by atoms with van der Waals surface area (Å²) in [5, 5.41) is 7.97. The van der Waals surface area contributed by atoms with Crippen molar-refractivity contribution in [3.8, 4) is 0 Å². The molecule has 0 aliphatic heterocycles. The highest BCUT2D eigenvalue weighted by Gasteiger charge is 2.05. The summed E-state index contributed by atoms with van der Waals surface area (Å²) in [5.41, 5.74) is 0. The lowest BCUT2D eigenvalue weighted by molar-refractivity contribution is 1.56. The first-order valence-electron chi connectivity index (χ1n) is 6.75. The van der Waals surface area contributed by atoms with Crippen LogP contribution in [0.2, 0.25) is 0 Å². The minimum atomic E-state index is 1.31. The van der Waals surface area contributed by atoms with Gasteiger partial charge < -0.3 is 0 Å². The maximum Gasteiger partial charge on any atom is 0.0148 e. The lowest BCUT2D eigenvalue weighted by Crippen LogP contribution is -1.81. The predicted molar refractivity (Wildman–Crippen MR) is 90.7 cm³/mol. The smallest absolute Gasteiger partial charge is 0.0148 e. The van der Waals surface area contributed by atoms with Crippen molar-refractivity contribution in [2.75, 3.05) is 6.26 Å². The number of fused-ring (bicyclic) bond motifs is 4. The van der Waals surface area contributed by atoms with Crippen LogP contribution in [-0.2, 0) is 0 Å². The van der Waals surface area contributed by atoms with E-state index < -0.39 is 0 Å². The van der Waals surface area contributed by atoms with E-state index >= 15 is 0 Å². The second kappa shape index (κ2) is 4.53. The third-order valence-electron chi connectivity index (χ3n) is 3.92. The van der Waals surface area contributed by atoms with Crippen molar-refractivity contribution in [1.29, 1.82) is 0 Å². The monoisotopic (exact) mass is 274 g/mol. The number of thioether (sulfide) groups is 1. The molecule has 20 heavy (non-hydrogen) atoms. The average molecular weight is 274 g/mol. The molecule has 0 fully saturated rings. The summed E-state index contributed by atoms with van der Waals surface area (Å²) in [5.74, 6) is 0. The summed E-state index contributed by atoms with van der Waals surface area (Å²) in [6.07, 6.45) is 2.14. The molecule has 0 aliphatic carbocycles. The van der Waals surface area contributed by atoms with Gasteiger partial charge in [-0.05, 0) is 56.8 Å². The molecule has 0 aliphatic rings. The van der Waals surface area contributed by atoms with Crippen LogP contribution in [0.3, 0.4) is 0 Å². The van der Waals surface area contributed by atoms with E-state index in [9.17, 15) is 0 Å². The van der Waals surface area contributed by atoms with E-state index in [4.69, 9.17) is 0 Å². The molecule has 0 radical (unpaired) electrons.